The average molecular weight is 375 g/mol. The van der Waals surface area contributed by atoms with Crippen LogP contribution in [0.1, 0.15) is 11.3 Å². The zero-order chi connectivity index (χ0) is 16.6. The van der Waals surface area contributed by atoms with Crippen molar-refractivity contribution >= 4 is 45.5 Å². The van der Waals surface area contributed by atoms with Crippen molar-refractivity contribution in [1.29, 1.82) is 0 Å². The third kappa shape index (κ3) is 2.83. The highest BCUT2D eigenvalue weighted by Gasteiger charge is 2.37. The number of hydrogen-bond acceptors (Lipinski definition) is 4. The third-order valence-electron chi connectivity index (χ3n) is 3.34. The fraction of sp³-hybridized carbons (Fsp3) is 0.0625. The van der Waals surface area contributed by atoms with Crippen molar-refractivity contribution < 1.29 is 18.8 Å². The summed E-state index contributed by atoms with van der Waals surface area (Å²) in [6, 6.07) is 9.41. The van der Waals surface area contributed by atoms with Crippen molar-refractivity contribution in [3.8, 4) is 0 Å². The number of furan rings is 1. The number of anilines is 1. The zero-order valence-electron chi connectivity index (χ0n) is 12.0. The van der Waals surface area contributed by atoms with Gasteiger partial charge in [-0.15, -0.1) is 0 Å². The van der Waals surface area contributed by atoms with E-state index in [-0.39, 0.29) is 5.57 Å². The molecule has 3 rings (SSSR count). The highest BCUT2D eigenvalue weighted by Crippen LogP contribution is 2.25. The normalized spacial score (nSPS) is 16.9. The van der Waals surface area contributed by atoms with Crippen LogP contribution in [0, 0.1) is 6.92 Å². The SMILES string of the molecule is Cc1ccccc1N1C(=O)NC(=O)/C(=C\c2ccc(Br)o2)C1=O. The van der Waals surface area contributed by atoms with Gasteiger partial charge >= 0.3 is 6.03 Å². The zero-order valence-corrected chi connectivity index (χ0v) is 13.6. The lowest BCUT2D eigenvalue weighted by atomic mass is 10.1. The maximum absolute atomic E-state index is 12.6. The first-order chi connectivity index (χ1) is 11.0. The minimum absolute atomic E-state index is 0.172. The van der Waals surface area contributed by atoms with Crippen LogP contribution in [-0.4, -0.2) is 17.8 Å². The number of nitrogens with zero attached hydrogens (tertiary/aromatic N) is 1. The van der Waals surface area contributed by atoms with Crippen LogP contribution in [0.3, 0.4) is 0 Å². The highest BCUT2D eigenvalue weighted by molar-refractivity contribution is 9.10. The van der Waals surface area contributed by atoms with Crippen molar-refractivity contribution in [3.63, 3.8) is 0 Å². The molecular formula is C16H11BrN2O4. The second-order valence-electron chi connectivity index (χ2n) is 4.89. The van der Waals surface area contributed by atoms with Crippen LogP contribution in [0.5, 0.6) is 0 Å². The van der Waals surface area contributed by atoms with Crippen LogP contribution in [0.4, 0.5) is 10.5 Å². The van der Waals surface area contributed by atoms with Gasteiger partial charge in [-0.2, -0.15) is 0 Å². The number of para-hydroxylation sites is 1. The van der Waals surface area contributed by atoms with Gasteiger partial charge in [-0.25, -0.2) is 9.69 Å². The number of aryl methyl sites for hydroxylation is 1. The molecule has 1 fully saturated rings. The van der Waals surface area contributed by atoms with Crippen LogP contribution in [0.25, 0.3) is 6.08 Å². The Bertz CT molecular complexity index is 853. The van der Waals surface area contributed by atoms with Gasteiger partial charge in [0.2, 0.25) is 0 Å². The van der Waals surface area contributed by atoms with E-state index in [1.165, 1.54) is 6.08 Å². The van der Waals surface area contributed by atoms with E-state index in [1.54, 1.807) is 43.3 Å². The van der Waals surface area contributed by atoms with Crippen LogP contribution < -0.4 is 10.2 Å². The molecule has 0 saturated carbocycles. The van der Waals surface area contributed by atoms with Crippen LogP contribution in [-0.2, 0) is 9.59 Å². The van der Waals surface area contributed by atoms with Gasteiger partial charge in [0.05, 0.1) is 5.69 Å². The number of rotatable bonds is 2. The van der Waals surface area contributed by atoms with Crippen LogP contribution in [0.2, 0.25) is 0 Å². The number of imide groups is 2. The summed E-state index contributed by atoms with van der Waals surface area (Å²) in [6.07, 6.45) is 1.31. The molecule has 7 heteroatoms. The van der Waals surface area contributed by atoms with Crippen molar-refractivity contribution in [3.05, 3.63) is 58.0 Å². The van der Waals surface area contributed by atoms with Gasteiger partial charge in [0.15, 0.2) is 4.67 Å². The number of carbonyl (C=O) groups is 3. The monoisotopic (exact) mass is 374 g/mol. The molecule has 0 bridgehead atoms. The van der Waals surface area contributed by atoms with Gasteiger partial charge in [0, 0.05) is 0 Å². The van der Waals surface area contributed by atoms with Crippen LogP contribution >= 0.6 is 15.9 Å². The lowest BCUT2D eigenvalue weighted by molar-refractivity contribution is -0.122. The first-order valence-corrected chi connectivity index (χ1v) is 7.49. The van der Waals surface area contributed by atoms with Gasteiger partial charge in [-0.1, -0.05) is 18.2 Å². The molecule has 1 aliphatic rings. The first kappa shape index (κ1) is 15.2. The molecule has 2 aromatic rings. The standard InChI is InChI=1S/C16H11BrN2O4/c1-9-4-2-3-5-12(9)19-15(21)11(14(20)18-16(19)22)8-10-6-7-13(17)23-10/h2-8H,1H3,(H,18,20,22)/b11-8+. The van der Waals surface area contributed by atoms with Gasteiger partial charge in [-0.3, -0.25) is 14.9 Å². The number of carbonyl (C=O) groups excluding carboxylic acids is 3. The first-order valence-electron chi connectivity index (χ1n) is 6.70. The molecule has 4 amide bonds. The molecule has 1 N–H and O–H groups in total. The highest BCUT2D eigenvalue weighted by atomic mass is 79.9. The van der Waals surface area contributed by atoms with Crippen molar-refractivity contribution in [2.24, 2.45) is 0 Å². The largest absolute Gasteiger partial charge is 0.450 e. The number of halogens is 1. The molecule has 0 spiro atoms. The van der Waals surface area contributed by atoms with Gasteiger partial charge in [-0.05, 0) is 52.7 Å². The predicted octanol–water partition coefficient (Wildman–Crippen LogP) is 3.02. The smallest absolute Gasteiger partial charge is 0.335 e. The van der Waals surface area contributed by atoms with E-state index in [9.17, 15) is 14.4 Å². The summed E-state index contributed by atoms with van der Waals surface area (Å²) in [4.78, 5) is 37.6. The molecule has 0 radical (unpaired) electrons. The molecule has 6 nitrogen and oxygen atoms in total. The Labute approximate surface area is 139 Å². The average Bonchev–Trinajstić information content (AvgIpc) is 2.91. The minimum Gasteiger partial charge on any atom is -0.450 e. The topological polar surface area (TPSA) is 79.6 Å². The number of benzene rings is 1. The number of barbiturate groups is 1. The Kier molecular flexibility index (Phi) is 3.87. The minimum atomic E-state index is -0.771. The molecule has 116 valence electrons. The second-order valence-corrected chi connectivity index (χ2v) is 5.67. The summed E-state index contributed by atoms with van der Waals surface area (Å²) in [5.41, 5.74) is 0.995. The molecule has 0 atom stereocenters. The van der Waals surface area contributed by atoms with Crippen molar-refractivity contribution in [1.82, 2.24) is 5.32 Å². The molecule has 23 heavy (non-hydrogen) atoms. The van der Waals surface area contributed by atoms with Gasteiger partial charge in [0.25, 0.3) is 11.8 Å². The van der Waals surface area contributed by atoms with Crippen LogP contribution in [0.15, 0.2) is 51.1 Å². The Morgan fingerprint density at radius 2 is 1.87 bits per heavy atom. The number of urea groups is 1. The van der Waals surface area contributed by atoms with Crippen molar-refractivity contribution in [2.45, 2.75) is 6.92 Å². The molecule has 1 saturated heterocycles. The summed E-state index contributed by atoms with van der Waals surface area (Å²) in [5.74, 6) is -1.12. The quantitative estimate of drug-likeness (QED) is 0.647. The van der Waals surface area contributed by atoms with E-state index in [0.717, 1.165) is 10.5 Å². The maximum atomic E-state index is 12.6. The third-order valence-corrected chi connectivity index (χ3v) is 3.76. The Morgan fingerprint density at radius 3 is 2.52 bits per heavy atom. The lowest BCUT2D eigenvalue weighted by Crippen LogP contribution is -2.54. The molecular weight excluding hydrogens is 364 g/mol. The van der Waals surface area contributed by atoms with E-state index in [0.29, 0.717) is 16.1 Å². The number of hydrogen-bond donors (Lipinski definition) is 1. The summed E-state index contributed by atoms with van der Waals surface area (Å²) < 4.78 is 5.75. The summed E-state index contributed by atoms with van der Waals surface area (Å²) in [6.45, 7) is 1.78. The maximum Gasteiger partial charge on any atom is 0.335 e. The number of nitrogens with one attached hydrogen (secondary N) is 1. The van der Waals surface area contributed by atoms with E-state index in [2.05, 4.69) is 21.2 Å². The molecule has 2 heterocycles. The molecule has 1 aromatic carbocycles. The Balaban J connectivity index is 2.04. The fourth-order valence-electron chi connectivity index (χ4n) is 2.24. The van der Waals surface area contributed by atoms with E-state index in [4.69, 9.17) is 4.42 Å². The molecule has 1 aliphatic heterocycles. The predicted molar refractivity (Wildman–Crippen MR) is 86.6 cm³/mol. The summed E-state index contributed by atoms with van der Waals surface area (Å²) >= 11 is 3.15. The lowest BCUT2D eigenvalue weighted by Gasteiger charge is -2.27. The number of amides is 4. The van der Waals surface area contributed by atoms with Gasteiger partial charge in [0.1, 0.15) is 11.3 Å². The Hall–Kier alpha value is -2.67. The van der Waals surface area contributed by atoms with Gasteiger partial charge < -0.3 is 4.42 Å². The second kappa shape index (κ2) is 5.85. The summed E-state index contributed by atoms with van der Waals surface area (Å²) in [7, 11) is 0. The molecule has 0 aliphatic carbocycles. The fourth-order valence-corrected chi connectivity index (χ4v) is 2.56. The summed E-state index contributed by atoms with van der Waals surface area (Å²) in [5, 5.41) is 2.17. The molecule has 1 aromatic heterocycles. The van der Waals surface area contributed by atoms with E-state index >= 15 is 0 Å². The van der Waals surface area contributed by atoms with Crippen molar-refractivity contribution in [2.75, 3.05) is 4.90 Å². The molecule has 0 unspecified atom stereocenters. The van der Waals surface area contributed by atoms with E-state index < -0.39 is 17.8 Å². The van der Waals surface area contributed by atoms with E-state index in [1.807, 2.05) is 0 Å². The Morgan fingerprint density at radius 1 is 1.13 bits per heavy atom.